The number of allylic oxidation sites excluding steroid dienone is 2. The van der Waals surface area contributed by atoms with E-state index in [0.717, 1.165) is 0 Å². The lowest BCUT2D eigenvalue weighted by atomic mass is 9.86. The highest BCUT2D eigenvalue weighted by Crippen LogP contribution is 2.38. The molecule has 1 fully saturated rings. The van der Waals surface area contributed by atoms with Crippen molar-refractivity contribution in [2.75, 3.05) is 17.2 Å². The predicted octanol–water partition coefficient (Wildman–Crippen LogP) is 2.45. The normalized spacial score (nSPS) is 20.1. The average Bonchev–Trinajstić information content (AvgIpc) is 3.27. The molecule has 2 aromatic rings. The van der Waals surface area contributed by atoms with Gasteiger partial charge in [0.15, 0.2) is 0 Å². The van der Waals surface area contributed by atoms with Gasteiger partial charge in [0.05, 0.1) is 11.9 Å². The van der Waals surface area contributed by atoms with Crippen LogP contribution < -0.4 is 26.8 Å². The van der Waals surface area contributed by atoms with Gasteiger partial charge >= 0.3 is 0 Å². The maximum absolute atomic E-state index is 14.5. The van der Waals surface area contributed by atoms with E-state index in [4.69, 9.17) is 4.42 Å². The zero-order valence-electron chi connectivity index (χ0n) is 17.2. The topological polar surface area (TPSA) is 113 Å². The molecule has 1 aliphatic heterocycles. The Hall–Kier alpha value is -3.23. The van der Waals surface area contributed by atoms with Crippen LogP contribution in [0.5, 0.6) is 0 Å². The molecule has 2 heterocycles. The van der Waals surface area contributed by atoms with Crippen LogP contribution in [0.4, 0.5) is 15.8 Å². The van der Waals surface area contributed by atoms with Gasteiger partial charge in [0.2, 0.25) is 11.8 Å². The molecule has 2 aliphatic rings. The lowest BCUT2D eigenvalue weighted by Gasteiger charge is -2.31. The number of aryl methyl sites for hydroxylation is 1. The van der Waals surface area contributed by atoms with E-state index >= 15 is 0 Å². The van der Waals surface area contributed by atoms with E-state index in [2.05, 4.69) is 20.9 Å². The van der Waals surface area contributed by atoms with E-state index in [1.165, 1.54) is 6.08 Å². The van der Waals surface area contributed by atoms with Gasteiger partial charge in [0.1, 0.15) is 29.0 Å². The summed E-state index contributed by atoms with van der Waals surface area (Å²) in [5.74, 6) is -0.168. The molecule has 3 N–H and O–H groups in total. The number of hydrogen-bond donors (Lipinski definition) is 3. The number of oxazole rings is 1. The van der Waals surface area contributed by atoms with Crippen LogP contribution >= 0.6 is 0 Å². The fourth-order valence-electron chi connectivity index (χ4n) is 3.79. The first-order valence-electron chi connectivity index (χ1n) is 9.75. The highest BCUT2D eigenvalue weighted by atomic mass is 19.1. The molecule has 2 atom stereocenters. The highest BCUT2D eigenvalue weighted by molar-refractivity contribution is 5.99. The summed E-state index contributed by atoms with van der Waals surface area (Å²) < 4.78 is 20.2. The average molecular weight is 414 g/mol. The van der Waals surface area contributed by atoms with E-state index in [9.17, 15) is 18.8 Å². The van der Waals surface area contributed by atoms with Crippen molar-refractivity contribution in [1.29, 1.82) is 0 Å². The zero-order chi connectivity index (χ0) is 21.8. The minimum Gasteiger partial charge on any atom is -0.444 e. The molecule has 8 nitrogen and oxygen atoms in total. The minimum atomic E-state index is -0.768. The Morgan fingerprint density at radius 2 is 1.93 bits per heavy atom. The third-order valence-corrected chi connectivity index (χ3v) is 5.45. The molecule has 1 aliphatic carbocycles. The monoisotopic (exact) mass is 414 g/mol. The number of carbonyl (C=O) groups is 1. The van der Waals surface area contributed by atoms with Crippen LogP contribution in [-0.4, -0.2) is 17.4 Å². The Labute approximate surface area is 171 Å². The second-order valence-electron chi connectivity index (χ2n) is 8.77. The number of aromatic nitrogens is 1. The quantitative estimate of drug-likeness (QED) is 0.644. The van der Waals surface area contributed by atoms with Gasteiger partial charge in [-0.05, 0) is 24.8 Å². The van der Waals surface area contributed by atoms with E-state index in [1.54, 1.807) is 13.1 Å². The van der Waals surface area contributed by atoms with Crippen LogP contribution in [0.25, 0.3) is 0 Å². The Morgan fingerprint density at radius 3 is 2.57 bits per heavy atom. The molecule has 1 aromatic carbocycles. The smallest absolute Gasteiger partial charge is 0.253 e. The SMILES string of the molecule is Cc1cnc([C@H](Nc2c(NC3=C4C(=O)NCC4CC=C3F)c(=O)c2=O)C(C)(C)C)o1. The van der Waals surface area contributed by atoms with Gasteiger partial charge in [0.25, 0.3) is 10.9 Å². The van der Waals surface area contributed by atoms with Crippen molar-refractivity contribution < 1.29 is 13.6 Å². The number of hydrogen-bond acceptors (Lipinski definition) is 7. The van der Waals surface area contributed by atoms with Gasteiger partial charge in [-0.3, -0.25) is 14.4 Å². The van der Waals surface area contributed by atoms with Gasteiger partial charge in [0, 0.05) is 18.0 Å². The number of halogens is 1. The lowest BCUT2D eigenvalue weighted by Crippen LogP contribution is -2.40. The number of carbonyl (C=O) groups excluding carboxylic acids is 1. The van der Waals surface area contributed by atoms with Gasteiger partial charge in [-0.1, -0.05) is 20.8 Å². The molecule has 0 saturated carbocycles. The van der Waals surface area contributed by atoms with Crippen molar-refractivity contribution in [1.82, 2.24) is 10.3 Å². The summed E-state index contributed by atoms with van der Waals surface area (Å²) in [7, 11) is 0. The van der Waals surface area contributed by atoms with Crippen LogP contribution in [0.15, 0.2) is 43.4 Å². The Kier molecular flexibility index (Phi) is 4.63. The highest BCUT2D eigenvalue weighted by Gasteiger charge is 2.38. The summed E-state index contributed by atoms with van der Waals surface area (Å²) in [5.41, 5.74) is -1.73. The van der Waals surface area contributed by atoms with Gasteiger partial charge in [-0.2, -0.15) is 0 Å². The molecule has 1 unspecified atom stereocenters. The van der Waals surface area contributed by atoms with E-state index < -0.39 is 28.1 Å². The maximum atomic E-state index is 14.5. The largest absolute Gasteiger partial charge is 0.444 e. The summed E-state index contributed by atoms with van der Waals surface area (Å²) in [6, 6.07) is -0.512. The summed E-state index contributed by atoms with van der Waals surface area (Å²) in [5, 5.41) is 8.46. The molecule has 9 heteroatoms. The first kappa shape index (κ1) is 20.1. The van der Waals surface area contributed by atoms with Crippen molar-refractivity contribution in [3.8, 4) is 0 Å². The van der Waals surface area contributed by atoms with Crippen molar-refractivity contribution in [2.24, 2.45) is 11.3 Å². The molecule has 1 saturated heterocycles. The fourth-order valence-corrected chi connectivity index (χ4v) is 3.79. The summed E-state index contributed by atoms with van der Waals surface area (Å²) in [6.45, 7) is 7.98. The number of anilines is 2. The van der Waals surface area contributed by atoms with E-state index in [-0.39, 0.29) is 34.5 Å². The molecule has 0 bridgehead atoms. The van der Waals surface area contributed by atoms with Crippen LogP contribution in [0.2, 0.25) is 0 Å². The number of amides is 1. The molecule has 158 valence electrons. The van der Waals surface area contributed by atoms with Gasteiger partial charge in [-0.25, -0.2) is 9.37 Å². The number of nitrogens with zero attached hydrogens (tertiary/aromatic N) is 1. The number of rotatable bonds is 5. The van der Waals surface area contributed by atoms with Crippen molar-refractivity contribution >= 4 is 17.3 Å². The molecule has 0 spiro atoms. The fraction of sp³-hybridized carbons (Fsp3) is 0.429. The first-order valence-corrected chi connectivity index (χ1v) is 9.75. The minimum absolute atomic E-state index is 0.0252. The molecule has 30 heavy (non-hydrogen) atoms. The van der Waals surface area contributed by atoms with Crippen molar-refractivity contribution in [3.63, 3.8) is 0 Å². The van der Waals surface area contributed by atoms with E-state index in [1.807, 2.05) is 20.8 Å². The Morgan fingerprint density at radius 1 is 1.23 bits per heavy atom. The zero-order valence-corrected chi connectivity index (χ0v) is 17.2. The predicted molar refractivity (Wildman–Crippen MR) is 109 cm³/mol. The molecule has 1 aromatic heterocycles. The maximum Gasteiger partial charge on any atom is 0.253 e. The van der Waals surface area contributed by atoms with Crippen LogP contribution in [0.1, 0.15) is 44.9 Å². The van der Waals surface area contributed by atoms with Crippen LogP contribution in [0, 0.1) is 18.3 Å². The van der Waals surface area contributed by atoms with Gasteiger partial charge in [-0.15, -0.1) is 0 Å². The molecule has 1 amide bonds. The third kappa shape index (κ3) is 3.24. The standard InChI is InChI=1S/C21H23FN4O4/c1-9-7-24-20(30-9)18(21(2,3)4)26-15-14(16(27)17(15)28)25-13-11(22)6-5-10-8-23-19(29)12(10)13/h6-7,10,18,25-26H,5,8H2,1-4H3,(H,23,29)/t10?,18-/m0/s1. The second-order valence-corrected chi connectivity index (χ2v) is 8.77. The Bertz CT molecular complexity index is 1160. The number of nitrogens with one attached hydrogen (secondary N) is 3. The second kappa shape index (κ2) is 6.93. The first-order chi connectivity index (χ1) is 14.1. The van der Waals surface area contributed by atoms with Gasteiger partial charge < -0.3 is 20.4 Å². The summed E-state index contributed by atoms with van der Waals surface area (Å²) >= 11 is 0. The third-order valence-electron chi connectivity index (χ3n) is 5.45. The summed E-state index contributed by atoms with van der Waals surface area (Å²) in [6.07, 6.45) is 3.35. The van der Waals surface area contributed by atoms with Crippen molar-refractivity contribution in [2.45, 2.75) is 40.2 Å². The lowest BCUT2D eigenvalue weighted by molar-refractivity contribution is -0.116. The van der Waals surface area contributed by atoms with Crippen LogP contribution in [0.3, 0.4) is 0 Å². The molecule has 4 rings (SSSR count). The van der Waals surface area contributed by atoms with E-state index in [0.29, 0.717) is 24.6 Å². The summed E-state index contributed by atoms with van der Waals surface area (Å²) in [4.78, 5) is 41.0. The molecular formula is C21H23FN4O4. The van der Waals surface area contributed by atoms with Crippen LogP contribution in [-0.2, 0) is 4.79 Å². The molecule has 0 radical (unpaired) electrons. The Balaban J connectivity index is 1.70. The number of fused-ring (bicyclic) bond motifs is 1. The van der Waals surface area contributed by atoms with Crippen molar-refractivity contribution in [3.05, 3.63) is 61.5 Å². The molecular weight excluding hydrogens is 391 g/mol.